The van der Waals surface area contributed by atoms with E-state index in [-0.39, 0.29) is 0 Å². The van der Waals surface area contributed by atoms with Crippen molar-refractivity contribution in [1.29, 1.82) is 0 Å². The third-order valence-electron chi connectivity index (χ3n) is 3.91. The maximum Gasteiger partial charge on any atom is 0.0405 e. The number of hydrogen-bond acceptors (Lipinski definition) is 2. The Morgan fingerprint density at radius 1 is 1.39 bits per heavy atom. The molecule has 1 N–H and O–H groups in total. The minimum atomic E-state index is 0.564. The molecule has 2 rings (SSSR count). The number of hydrogen-bond donors (Lipinski definition) is 1. The van der Waals surface area contributed by atoms with Crippen molar-refractivity contribution in [3.05, 3.63) is 28.2 Å². The smallest absolute Gasteiger partial charge is 0.0405 e. The van der Waals surface area contributed by atoms with Gasteiger partial charge in [0.05, 0.1) is 0 Å². The van der Waals surface area contributed by atoms with Crippen LogP contribution in [0, 0.1) is 0 Å². The molecule has 2 unspecified atom stereocenters. The van der Waals surface area contributed by atoms with Gasteiger partial charge in [0.2, 0.25) is 0 Å². The number of nitrogens with one attached hydrogen (secondary N) is 1. The Morgan fingerprint density at radius 2 is 2.11 bits per heavy atom. The molecule has 18 heavy (non-hydrogen) atoms. The van der Waals surface area contributed by atoms with Crippen LogP contribution in [0.4, 0.5) is 5.69 Å². The second-order valence-corrected chi connectivity index (χ2v) is 6.49. The summed E-state index contributed by atoms with van der Waals surface area (Å²) in [5, 5.41) is 3.35. The van der Waals surface area contributed by atoms with E-state index in [2.05, 4.69) is 65.1 Å². The summed E-state index contributed by atoms with van der Waals surface area (Å²) in [6, 6.07) is 7.83. The lowest BCUT2D eigenvalue weighted by Gasteiger charge is -2.25. The zero-order valence-corrected chi connectivity index (χ0v) is 13.3. The molecule has 100 valence electrons. The van der Waals surface area contributed by atoms with E-state index in [1.165, 1.54) is 22.1 Å². The summed E-state index contributed by atoms with van der Waals surface area (Å²) >= 11 is 3.60. The molecule has 1 aliphatic heterocycles. The number of nitrogens with zero attached hydrogens (tertiary/aromatic N) is 1. The van der Waals surface area contributed by atoms with E-state index in [1.807, 2.05) is 7.05 Å². The fraction of sp³-hybridized carbons (Fsp3) is 0.600. The number of benzene rings is 1. The third-order valence-corrected chi connectivity index (χ3v) is 4.40. The van der Waals surface area contributed by atoms with Crippen molar-refractivity contribution >= 4 is 21.6 Å². The van der Waals surface area contributed by atoms with Crippen LogP contribution < -0.4 is 10.2 Å². The summed E-state index contributed by atoms with van der Waals surface area (Å²) in [4.78, 5) is 2.52. The molecule has 1 aromatic carbocycles. The normalized spacial score (nSPS) is 20.3. The van der Waals surface area contributed by atoms with Gasteiger partial charge in [-0.3, -0.25) is 0 Å². The minimum absolute atomic E-state index is 0.564. The summed E-state index contributed by atoms with van der Waals surface area (Å²) in [6.07, 6.45) is 1.20. The van der Waals surface area contributed by atoms with Gasteiger partial charge < -0.3 is 10.2 Å². The Bertz CT molecular complexity index is 417. The van der Waals surface area contributed by atoms with E-state index >= 15 is 0 Å². The maximum atomic E-state index is 3.60. The van der Waals surface area contributed by atoms with E-state index in [1.54, 1.807) is 0 Å². The molecule has 1 aromatic rings. The van der Waals surface area contributed by atoms with Crippen LogP contribution in [-0.2, 0) is 0 Å². The van der Waals surface area contributed by atoms with E-state index < -0.39 is 0 Å². The van der Waals surface area contributed by atoms with Gasteiger partial charge in [0.25, 0.3) is 0 Å². The lowest BCUT2D eigenvalue weighted by atomic mass is 9.95. The van der Waals surface area contributed by atoms with Gasteiger partial charge in [0, 0.05) is 34.7 Å². The van der Waals surface area contributed by atoms with Gasteiger partial charge in [0.1, 0.15) is 0 Å². The van der Waals surface area contributed by atoms with Crippen molar-refractivity contribution in [3.63, 3.8) is 0 Å². The highest BCUT2D eigenvalue weighted by Crippen LogP contribution is 2.41. The second kappa shape index (κ2) is 5.62. The van der Waals surface area contributed by atoms with Crippen LogP contribution in [0.3, 0.4) is 0 Å². The first-order chi connectivity index (χ1) is 8.52. The van der Waals surface area contributed by atoms with Crippen LogP contribution in [0.2, 0.25) is 0 Å². The lowest BCUT2D eigenvalue weighted by Crippen LogP contribution is -2.31. The number of rotatable bonds is 4. The third kappa shape index (κ3) is 2.72. The fourth-order valence-electron chi connectivity index (χ4n) is 2.78. The number of anilines is 1. The van der Waals surface area contributed by atoms with Crippen molar-refractivity contribution < 1.29 is 0 Å². The predicted octanol–water partition coefficient (Wildman–Crippen LogP) is 3.76. The maximum absolute atomic E-state index is 3.60. The Balaban J connectivity index is 2.29. The quantitative estimate of drug-likeness (QED) is 0.911. The monoisotopic (exact) mass is 310 g/mol. The molecule has 1 heterocycles. The van der Waals surface area contributed by atoms with Crippen LogP contribution >= 0.6 is 15.9 Å². The number of fused-ring (bicyclic) bond motifs is 1. The largest absolute Gasteiger partial charge is 0.368 e. The van der Waals surface area contributed by atoms with Gasteiger partial charge in [0.15, 0.2) is 0 Å². The van der Waals surface area contributed by atoms with E-state index in [4.69, 9.17) is 0 Å². The second-order valence-electron chi connectivity index (χ2n) is 5.57. The molecule has 2 atom stereocenters. The summed E-state index contributed by atoms with van der Waals surface area (Å²) in [7, 11) is 2.04. The zero-order chi connectivity index (χ0) is 13.3. The van der Waals surface area contributed by atoms with Gasteiger partial charge in [-0.1, -0.05) is 15.9 Å². The fourth-order valence-corrected chi connectivity index (χ4v) is 3.16. The topological polar surface area (TPSA) is 15.3 Å². The van der Waals surface area contributed by atoms with Crippen LogP contribution in [0.25, 0.3) is 0 Å². The van der Waals surface area contributed by atoms with Crippen LogP contribution in [0.5, 0.6) is 0 Å². The van der Waals surface area contributed by atoms with Crippen molar-refractivity contribution in [2.24, 2.45) is 0 Å². The highest BCUT2D eigenvalue weighted by Gasteiger charge is 2.30. The molecule has 0 fully saturated rings. The highest BCUT2D eigenvalue weighted by atomic mass is 79.9. The van der Waals surface area contributed by atoms with Crippen molar-refractivity contribution in [3.8, 4) is 0 Å². The van der Waals surface area contributed by atoms with Crippen LogP contribution in [-0.4, -0.2) is 25.7 Å². The summed E-state index contributed by atoms with van der Waals surface area (Å²) in [5.74, 6) is 0.641. The van der Waals surface area contributed by atoms with Gasteiger partial charge >= 0.3 is 0 Å². The Morgan fingerprint density at radius 3 is 2.72 bits per heavy atom. The molecule has 0 spiro atoms. The summed E-state index contributed by atoms with van der Waals surface area (Å²) in [6.45, 7) is 7.95. The molecule has 0 radical (unpaired) electrons. The molecule has 0 amide bonds. The molecular weight excluding hydrogens is 288 g/mol. The standard InChI is InChI=1S/C15H23BrN2/c1-10(2)18-9-12(7-11(3)17-4)14-8-13(16)5-6-15(14)18/h5-6,8,10-12,17H,7,9H2,1-4H3. The Kier molecular flexibility index (Phi) is 4.33. The molecule has 0 saturated heterocycles. The van der Waals surface area contributed by atoms with Gasteiger partial charge in [-0.15, -0.1) is 0 Å². The van der Waals surface area contributed by atoms with E-state index in [9.17, 15) is 0 Å². The van der Waals surface area contributed by atoms with Gasteiger partial charge in [-0.25, -0.2) is 0 Å². The highest BCUT2D eigenvalue weighted by molar-refractivity contribution is 9.10. The molecule has 2 nitrogen and oxygen atoms in total. The molecule has 0 bridgehead atoms. The predicted molar refractivity (Wildman–Crippen MR) is 82.5 cm³/mol. The average molecular weight is 311 g/mol. The van der Waals surface area contributed by atoms with Crippen LogP contribution in [0.15, 0.2) is 22.7 Å². The Hall–Kier alpha value is -0.540. The summed E-state index contributed by atoms with van der Waals surface area (Å²) in [5.41, 5.74) is 2.92. The van der Waals surface area contributed by atoms with Gasteiger partial charge in [-0.05, 0) is 58.0 Å². The van der Waals surface area contributed by atoms with E-state index in [0.717, 1.165) is 6.54 Å². The van der Waals surface area contributed by atoms with Crippen molar-refractivity contribution in [2.45, 2.75) is 45.2 Å². The minimum Gasteiger partial charge on any atom is -0.368 e. The number of halogens is 1. The van der Waals surface area contributed by atoms with Crippen LogP contribution in [0.1, 0.15) is 38.7 Å². The molecule has 1 aliphatic rings. The first kappa shape index (κ1) is 13.9. The van der Waals surface area contributed by atoms with E-state index in [0.29, 0.717) is 18.0 Å². The Labute approximate surface area is 119 Å². The van der Waals surface area contributed by atoms with Crippen molar-refractivity contribution in [2.75, 3.05) is 18.5 Å². The molecule has 0 aromatic heterocycles. The molecule has 0 aliphatic carbocycles. The SMILES string of the molecule is CNC(C)CC1CN(C(C)C)c2ccc(Br)cc21. The molecule has 0 saturated carbocycles. The zero-order valence-electron chi connectivity index (χ0n) is 11.7. The average Bonchev–Trinajstić information content (AvgIpc) is 2.67. The molecular formula is C15H23BrN2. The van der Waals surface area contributed by atoms with Gasteiger partial charge in [-0.2, -0.15) is 0 Å². The first-order valence-electron chi connectivity index (χ1n) is 6.76. The first-order valence-corrected chi connectivity index (χ1v) is 7.55. The molecule has 3 heteroatoms. The lowest BCUT2D eigenvalue weighted by molar-refractivity contribution is 0.499. The van der Waals surface area contributed by atoms with Crippen molar-refractivity contribution in [1.82, 2.24) is 5.32 Å². The summed E-state index contributed by atoms with van der Waals surface area (Å²) < 4.78 is 1.19.